The number of unbranched alkanes of at least 4 members (excludes halogenated alkanes) is 1. The van der Waals surface area contributed by atoms with Gasteiger partial charge in [-0.25, -0.2) is 9.69 Å². The number of non-ortho nitro benzene ring substituents is 1. The van der Waals surface area contributed by atoms with Crippen LogP contribution in [0, 0.1) is 15.5 Å². The van der Waals surface area contributed by atoms with Gasteiger partial charge in [-0.2, -0.15) is 0 Å². The Balaban J connectivity index is 1.93. The summed E-state index contributed by atoms with van der Waals surface area (Å²) in [5.74, 6) is -1.36. The van der Waals surface area contributed by atoms with Crippen LogP contribution in [-0.2, 0) is 16.0 Å². The lowest BCUT2D eigenvalue weighted by Crippen LogP contribution is -2.72. The van der Waals surface area contributed by atoms with Crippen LogP contribution >= 0.6 is 11.6 Å². The summed E-state index contributed by atoms with van der Waals surface area (Å²) in [6, 6.07) is 9.61. The molecule has 4 rings (SSSR count). The Morgan fingerprint density at radius 1 is 1.11 bits per heavy atom. The first-order valence-electron chi connectivity index (χ1n) is 11.7. The first-order valence-corrected chi connectivity index (χ1v) is 12.1. The van der Waals surface area contributed by atoms with E-state index in [0.29, 0.717) is 24.9 Å². The van der Waals surface area contributed by atoms with Crippen molar-refractivity contribution in [2.75, 3.05) is 16.3 Å². The predicted octanol–water partition coefficient (Wildman–Crippen LogP) is 4.85. The summed E-state index contributed by atoms with van der Waals surface area (Å²) in [6.07, 6.45) is 2.84. The van der Waals surface area contributed by atoms with Crippen LogP contribution in [0.4, 0.5) is 21.9 Å². The summed E-state index contributed by atoms with van der Waals surface area (Å²) in [6.45, 7) is 4.58. The molecule has 2 atom stereocenters. The van der Waals surface area contributed by atoms with Crippen molar-refractivity contribution in [1.29, 1.82) is 0 Å². The van der Waals surface area contributed by atoms with Crippen LogP contribution in [0.25, 0.3) is 0 Å². The zero-order valence-electron chi connectivity index (χ0n) is 19.6. The molecule has 0 bridgehead atoms. The minimum absolute atomic E-state index is 0.0593. The number of barbiturate groups is 1. The number of hydrogen-bond donors (Lipinski definition) is 1. The van der Waals surface area contributed by atoms with Crippen molar-refractivity contribution >= 4 is 46.5 Å². The lowest BCUT2D eigenvalue weighted by molar-refractivity contribution is -0.384. The average molecular weight is 499 g/mol. The molecule has 1 spiro atoms. The third kappa shape index (κ3) is 4.03. The Hall–Kier alpha value is -3.46. The molecule has 184 valence electrons. The van der Waals surface area contributed by atoms with Gasteiger partial charge in [0.05, 0.1) is 21.7 Å². The van der Waals surface area contributed by atoms with E-state index < -0.39 is 34.2 Å². The number of rotatable bonds is 7. The molecule has 2 aliphatic heterocycles. The number of fused-ring (bicyclic) bond motifs is 1. The van der Waals surface area contributed by atoms with Crippen LogP contribution in [-0.4, -0.2) is 35.4 Å². The summed E-state index contributed by atoms with van der Waals surface area (Å²) in [5, 5.41) is 14.1. The van der Waals surface area contributed by atoms with Crippen LogP contribution in [0.5, 0.6) is 0 Å². The number of amides is 4. The number of carbonyl (C=O) groups is 3. The Morgan fingerprint density at radius 2 is 1.86 bits per heavy atom. The van der Waals surface area contributed by atoms with Crippen molar-refractivity contribution in [2.45, 2.75) is 52.0 Å². The quantitative estimate of drug-likeness (QED) is 0.331. The van der Waals surface area contributed by atoms with Gasteiger partial charge in [-0.15, -0.1) is 0 Å². The maximum absolute atomic E-state index is 14.2. The minimum Gasteiger partial charge on any atom is -0.367 e. The number of nitrogens with one attached hydrogen (secondary N) is 1. The fourth-order valence-electron chi connectivity index (χ4n) is 5.19. The third-order valence-electron chi connectivity index (χ3n) is 6.82. The monoisotopic (exact) mass is 498 g/mol. The Bertz CT molecular complexity index is 1200. The largest absolute Gasteiger partial charge is 0.367 e. The van der Waals surface area contributed by atoms with Crippen LogP contribution in [0.15, 0.2) is 42.5 Å². The van der Waals surface area contributed by atoms with E-state index in [1.165, 1.54) is 12.1 Å². The Morgan fingerprint density at radius 3 is 2.51 bits per heavy atom. The molecule has 1 N–H and O–H groups in total. The molecule has 2 heterocycles. The smallest absolute Gasteiger partial charge is 0.335 e. The van der Waals surface area contributed by atoms with E-state index >= 15 is 0 Å². The molecule has 0 unspecified atom stereocenters. The van der Waals surface area contributed by atoms with E-state index in [-0.39, 0.29) is 22.8 Å². The van der Waals surface area contributed by atoms with Gasteiger partial charge in [0.25, 0.3) is 11.6 Å². The summed E-state index contributed by atoms with van der Waals surface area (Å²) < 4.78 is 0. The molecule has 2 aliphatic rings. The molecule has 9 nitrogen and oxygen atoms in total. The second-order valence-electron chi connectivity index (χ2n) is 8.92. The number of nitro benzene ring substituents is 1. The summed E-state index contributed by atoms with van der Waals surface area (Å²) in [5.41, 5.74) is -0.289. The van der Waals surface area contributed by atoms with Gasteiger partial charge in [-0.05, 0) is 36.6 Å². The number of hydrogen-bond acceptors (Lipinski definition) is 6. The molecular formula is C25H27ClN4O5. The van der Waals surface area contributed by atoms with Crippen molar-refractivity contribution in [1.82, 2.24) is 5.32 Å². The van der Waals surface area contributed by atoms with Gasteiger partial charge in [0.15, 0.2) is 5.41 Å². The number of nitrogens with zero attached hydrogens (tertiary/aromatic N) is 3. The maximum Gasteiger partial charge on any atom is 0.335 e. The molecule has 10 heteroatoms. The zero-order valence-corrected chi connectivity index (χ0v) is 20.4. The van der Waals surface area contributed by atoms with E-state index in [1.54, 1.807) is 30.3 Å². The van der Waals surface area contributed by atoms with E-state index in [1.807, 2.05) is 18.7 Å². The van der Waals surface area contributed by atoms with E-state index in [4.69, 9.17) is 11.6 Å². The lowest BCUT2D eigenvalue weighted by atomic mass is 9.67. The number of anilines is 2. The molecular weight excluding hydrogens is 472 g/mol. The normalized spacial score (nSPS) is 21.8. The van der Waals surface area contributed by atoms with Crippen molar-refractivity contribution in [3.05, 3.63) is 63.2 Å². The average Bonchev–Trinajstić information content (AvgIpc) is 2.83. The van der Waals surface area contributed by atoms with Gasteiger partial charge >= 0.3 is 6.03 Å². The number of urea groups is 1. The topological polar surface area (TPSA) is 113 Å². The van der Waals surface area contributed by atoms with Crippen molar-refractivity contribution in [3.63, 3.8) is 0 Å². The standard InChI is InChI=1S/C25H27ClN4O5/c1-3-5-13-28-19-12-11-17(30(34)35)14-16(19)15-25(21(28)8-4-2)22(31)27-24(33)29(23(25)32)20-10-7-6-9-18(20)26/h6-7,9-12,14,21H,3-5,8,13,15H2,1-2H3,(H,27,31,33)/t21-,25-/m1/s1. The first kappa shape index (κ1) is 24.7. The highest BCUT2D eigenvalue weighted by Gasteiger charge is 2.62. The van der Waals surface area contributed by atoms with E-state index in [9.17, 15) is 24.5 Å². The second kappa shape index (κ2) is 9.65. The summed E-state index contributed by atoms with van der Waals surface area (Å²) in [7, 11) is 0. The predicted molar refractivity (Wildman–Crippen MR) is 133 cm³/mol. The van der Waals surface area contributed by atoms with Gasteiger partial charge in [0.1, 0.15) is 0 Å². The zero-order chi connectivity index (χ0) is 25.3. The molecule has 0 aliphatic carbocycles. The fraction of sp³-hybridized carbons (Fsp3) is 0.400. The van der Waals surface area contributed by atoms with Crippen LogP contribution in [0.2, 0.25) is 5.02 Å². The number of nitro groups is 1. The molecule has 35 heavy (non-hydrogen) atoms. The summed E-state index contributed by atoms with van der Waals surface area (Å²) in [4.78, 5) is 54.7. The summed E-state index contributed by atoms with van der Waals surface area (Å²) >= 11 is 6.34. The lowest BCUT2D eigenvalue weighted by Gasteiger charge is -2.52. The van der Waals surface area contributed by atoms with Gasteiger partial charge in [-0.3, -0.25) is 25.0 Å². The van der Waals surface area contributed by atoms with E-state index in [0.717, 1.165) is 23.4 Å². The van der Waals surface area contributed by atoms with Gasteiger partial charge < -0.3 is 4.90 Å². The highest BCUT2D eigenvalue weighted by molar-refractivity contribution is 6.37. The Labute approximate surface area is 208 Å². The van der Waals surface area contributed by atoms with E-state index in [2.05, 4.69) is 5.32 Å². The number of benzene rings is 2. The van der Waals surface area contributed by atoms with Crippen LogP contribution in [0.1, 0.15) is 45.1 Å². The second-order valence-corrected chi connectivity index (χ2v) is 9.33. The molecule has 0 aromatic heterocycles. The van der Waals surface area contributed by atoms with Gasteiger partial charge in [0.2, 0.25) is 5.91 Å². The fourth-order valence-corrected chi connectivity index (χ4v) is 5.42. The van der Waals surface area contributed by atoms with Gasteiger partial charge in [-0.1, -0.05) is 50.4 Å². The van der Waals surface area contributed by atoms with Gasteiger partial charge in [0, 0.05) is 30.8 Å². The third-order valence-corrected chi connectivity index (χ3v) is 7.14. The number of halogens is 1. The Kier molecular flexibility index (Phi) is 6.80. The first-order chi connectivity index (χ1) is 16.8. The van der Waals surface area contributed by atoms with Crippen molar-refractivity contribution in [2.24, 2.45) is 5.41 Å². The molecule has 1 fully saturated rings. The highest BCUT2D eigenvalue weighted by Crippen LogP contribution is 2.48. The molecule has 0 saturated carbocycles. The van der Waals surface area contributed by atoms with Crippen molar-refractivity contribution < 1.29 is 19.3 Å². The maximum atomic E-state index is 14.2. The van der Waals surface area contributed by atoms with Crippen molar-refractivity contribution in [3.8, 4) is 0 Å². The molecule has 1 saturated heterocycles. The molecule has 2 aromatic carbocycles. The van der Waals surface area contributed by atoms with Crippen LogP contribution in [0.3, 0.4) is 0 Å². The van der Waals surface area contributed by atoms with Crippen LogP contribution < -0.4 is 15.1 Å². The number of carbonyl (C=O) groups excluding carboxylic acids is 3. The number of imide groups is 2. The minimum atomic E-state index is -1.65. The molecule has 2 aromatic rings. The molecule has 4 amide bonds. The number of para-hydroxylation sites is 1. The molecule has 0 radical (unpaired) electrons. The highest BCUT2D eigenvalue weighted by atomic mass is 35.5. The SMILES string of the molecule is CCCCN1c2ccc([N+](=O)[O-])cc2C[C@]2(C(=O)NC(=O)N(c3ccccc3Cl)C2=O)[C@H]1CCC.